The Hall–Kier alpha value is -1.10. The molecule has 1 saturated carbocycles. The Bertz CT molecular complexity index is 338. The van der Waals surface area contributed by atoms with E-state index in [-0.39, 0.29) is 17.9 Å². The van der Waals surface area contributed by atoms with Gasteiger partial charge < -0.3 is 15.2 Å². The number of carbonyl (C=O) groups excluding carboxylic acids is 1. The van der Waals surface area contributed by atoms with Gasteiger partial charge in [-0.25, -0.2) is 0 Å². The molecule has 0 radical (unpaired) electrons. The van der Waals surface area contributed by atoms with Gasteiger partial charge in [0.05, 0.1) is 11.8 Å². The summed E-state index contributed by atoms with van der Waals surface area (Å²) in [4.78, 5) is 23.3. The lowest BCUT2D eigenvalue weighted by molar-refractivity contribution is -0.146. The zero-order valence-corrected chi connectivity index (χ0v) is 11.4. The quantitative estimate of drug-likeness (QED) is 0.809. The Balaban J connectivity index is 1.87. The molecule has 1 aliphatic heterocycles. The van der Waals surface area contributed by atoms with Gasteiger partial charge in [-0.2, -0.15) is 0 Å². The van der Waals surface area contributed by atoms with Gasteiger partial charge in [-0.1, -0.05) is 6.42 Å². The molecule has 0 aromatic carbocycles. The molecule has 2 aliphatic rings. The number of nitrogens with one attached hydrogen (secondary N) is 1. The van der Waals surface area contributed by atoms with E-state index in [2.05, 4.69) is 5.32 Å². The van der Waals surface area contributed by atoms with Crippen molar-refractivity contribution in [2.75, 3.05) is 13.2 Å². The van der Waals surface area contributed by atoms with Crippen molar-refractivity contribution >= 4 is 11.9 Å². The summed E-state index contributed by atoms with van der Waals surface area (Å²) in [6.45, 7) is 3.52. The summed E-state index contributed by atoms with van der Waals surface area (Å²) in [5.74, 6) is -1.32. The highest BCUT2D eigenvalue weighted by Crippen LogP contribution is 2.32. The molecule has 2 N–H and O–H groups in total. The van der Waals surface area contributed by atoms with Crippen LogP contribution in [0.4, 0.5) is 0 Å². The van der Waals surface area contributed by atoms with E-state index in [1.165, 1.54) is 0 Å². The molecule has 1 aliphatic carbocycles. The van der Waals surface area contributed by atoms with Gasteiger partial charge in [0, 0.05) is 19.3 Å². The number of carbonyl (C=O) groups is 2. The van der Waals surface area contributed by atoms with E-state index in [4.69, 9.17) is 9.84 Å². The largest absolute Gasteiger partial charge is 0.481 e. The topological polar surface area (TPSA) is 75.6 Å². The average Bonchev–Trinajstić information content (AvgIpc) is 2.89. The molecule has 5 nitrogen and oxygen atoms in total. The Morgan fingerprint density at radius 3 is 2.42 bits per heavy atom. The zero-order valence-electron chi connectivity index (χ0n) is 11.4. The maximum atomic E-state index is 12.2. The fraction of sp³-hybridized carbons (Fsp3) is 0.857. The van der Waals surface area contributed by atoms with Crippen LogP contribution < -0.4 is 5.32 Å². The number of carboxylic acids is 1. The summed E-state index contributed by atoms with van der Waals surface area (Å²) in [7, 11) is 0. The predicted octanol–water partition coefficient (Wildman–Crippen LogP) is 1.42. The first kappa shape index (κ1) is 14.3. The van der Waals surface area contributed by atoms with Crippen LogP contribution in [-0.4, -0.2) is 36.2 Å². The molecule has 0 aromatic rings. The Morgan fingerprint density at radius 1 is 1.16 bits per heavy atom. The van der Waals surface area contributed by atoms with E-state index in [1.54, 1.807) is 0 Å². The SMILES string of the molecule is CC(NC(=O)C1CCCC1C(=O)O)C1CCOCC1. The average molecular weight is 269 g/mol. The number of aliphatic carboxylic acids is 1. The molecule has 19 heavy (non-hydrogen) atoms. The second-order valence-electron chi connectivity index (χ2n) is 5.73. The van der Waals surface area contributed by atoms with Crippen molar-refractivity contribution in [1.82, 2.24) is 5.32 Å². The van der Waals surface area contributed by atoms with E-state index in [9.17, 15) is 9.59 Å². The van der Waals surface area contributed by atoms with Crippen molar-refractivity contribution in [2.45, 2.75) is 45.1 Å². The predicted molar refractivity (Wildman–Crippen MR) is 69.6 cm³/mol. The van der Waals surface area contributed by atoms with E-state index in [0.717, 1.165) is 32.5 Å². The third kappa shape index (κ3) is 3.47. The summed E-state index contributed by atoms with van der Waals surface area (Å²) in [6.07, 6.45) is 4.09. The fourth-order valence-corrected chi connectivity index (χ4v) is 3.23. The number of carboxylic acid groups (broad SMARTS) is 1. The third-order valence-corrected chi connectivity index (χ3v) is 4.51. The van der Waals surface area contributed by atoms with Gasteiger partial charge >= 0.3 is 5.97 Å². The van der Waals surface area contributed by atoms with Crippen LogP contribution in [0, 0.1) is 17.8 Å². The molecular formula is C14H23NO4. The molecule has 0 aromatic heterocycles. The third-order valence-electron chi connectivity index (χ3n) is 4.51. The van der Waals surface area contributed by atoms with Crippen LogP contribution in [0.2, 0.25) is 0 Å². The Morgan fingerprint density at radius 2 is 1.79 bits per heavy atom. The van der Waals surface area contributed by atoms with Gasteiger partial charge in [0.1, 0.15) is 0 Å². The molecule has 1 amide bonds. The molecule has 0 spiro atoms. The van der Waals surface area contributed by atoms with Crippen LogP contribution in [0.1, 0.15) is 39.0 Å². The molecule has 3 atom stereocenters. The smallest absolute Gasteiger partial charge is 0.307 e. The summed E-state index contributed by atoms with van der Waals surface area (Å²) < 4.78 is 5.31. The minimum absolute atomic E-state index is 0.0797. The molecule has 1 heterocycles. The molecule has 2 rings (SSSR count). The second-order valence-corrected chi connectivity index (χ2v) is 5.73. The van der Waals surface area contributed by atoms with Crippen LogP contribution in [0.15, 0.2) is 0 Å². The van der Waals surface area contributed by atoms with Gasteiger partial charge in [-0.3, -0.25) is 9.59 Å². The van der Waals surface area contributed by atoms with Crippen LogP contribution in [-0.2, 0) is 14.3 Å². The summed E-state index contributed by atoms with van der Waals surface area (Å²) >= 11 is 0. The van der Waals surface area contributed by atoms with Crippen molar-refractivity contribution in [3.05, 3.63) is 0 Å². The van der Waals surface area contributed by atoms with E-state index in [0.29, 0.717) is 18.8 Å². The maximum absolute atomic E-state index is 12.2. The van der Waals surface area contributed by atoms with E-state index >= 15 is 0 Å². The fourth-order valence-electron chi connectivity index (χ4n) is 3.23. The van der Waals surface area contributed by atoms with E-state index in [1.807, 2.05) is 6.92 Å². The number of amides is 1. The molecule has 5 heteroatoms. The monoisotopic (exact) mass is 269 g/mol. The molecule has 0 bridgehead atoms. The van der Waals surface area contributed by atoms with Crippen molar-refractivity contribution in [1.29, 1.82) is 0 Å². The minimum atomic E-state index is -0.837. The maximum Gasteiger partial charge on any atom is 0.307 e. The highest BCUT2D eigenvalue weighted by Gasteiger charge is 2.38. The van der Waals surface area contributed by atoms with Crippen LogP contribution in [0.25, 0.3) is 0 Å². The van der Waals surface area contributed by atoms with Crippen LogP contribution in [0.3, 0.4) is 0 Å². The standard InChI is InChI=1S/C14H23NO4/c1-9(10-5-7-19-8-6-10)15-13(16)11-3-2-4-12(11)14(17)18/h9-12H,2-8H2,1H3,(H,15,16)(H,17,18). The van der Waals surface area contributed by atoms with Gasteiger partial charge in [-0.05, 0) is 38.5 Å². The highest BCUT2D eigenvalue weighted by atomic mass is 16.5. The zero-order chi connectivity index (χ0) is 13.8. The first-order valence-electron chi connectivity index (χ1n) is 7.20. The number of ether oxygens (including phenoxy) is 1. The summed E-state index contributed by atoms with van der Waals surface area (Å²) in [5, 5.41) is 12.1. The number of hydrogen-bond donors (Lipinski definition) is 2. The number of rotatable bonds is 4. The summed E-state index contributed by atoms with van der Waals surface area (Å²) in [6, 6.07) is 0.103. The van der Waals surface area contributed by atoms with Gasteiger partial charge in [-0.15, -0.1) is 0 Å². The molecule has 2 fully saturated rings. The second kappa shape index (κ2) is 6.37. The minimum Gasteiger partial charge on any atom is -0.481 e. The van der Waals surface area contributed by atoms with Gasteiger partial charge in [0.15, 0.2) is 0 Å². The molecule has 1 saturated heterocycles. The van der Waals surface area contributed by atoms with Crippen molar-refractivity contribution in [3.63, 3.8) is 0 Å². The van der Waals surface area contributed by atoms with E-state index < -0.39 is 11.9 Å². The first-order chi connectivity index (χ1) is 9.09. The first-order valence-corrected chi connectivity index (χ1v) is 7.20. The Labute approximate surface area is 113 Å². The van der Waals surface area contributed by atoms with Crippen LogP contribution >= 0.6 is 0 Å². The Kier molecular flexibility index (Phi) is 4.80. The van der Waals surface area contributed by atoms with Crippen molar-refractivity contribution in [2.24, 2.45) is 17.8 Å². The normalized spacial score (nSPS) is 29.9. The summed E-state index contributed by atoms with van der Waals surface area (Å²) in [5.41, 5.74) is 0. The lowest BCUT2D eigenvalue weighted by atomic mass is 9.91. The van der Waals surface area contributed by atoms with Gasteiger partial charge in [0.2, 0.25) is 5.91 Å². The molecule has 108 valence electrons. The van der Waals surface area contributed by atoms with Crippen LogP contribution in [0.5, 0.6) is 0 Å². The lowest BCUT2D eigenvalue weighted by Gasteiger charge is -2.29. The number of hydrogen-bond acceptors (Lipinski definition) is 3. The lowest BCUT2D eigenvalue weighted by Crippen LogP contribution is -2.44. The molecular weight excluding hydrogens is 246 g/mol. The molecule has 3 unspecified atom stereocenters. The van der Waals surface area contributed by atoms with Crippen molar-refractivity contribution < 1.29 is 19.4 Å². The van der Waals surface area contributed by atoms with Crippen molar-refractivity contribution in [3.8, 4) is 0 Å². The van der Waals surface area contributed by atoms with Gasteiger partial charge in [0.25, 0.3) is 0 Å². The highest BCUT2D eigenvalue weighted by molar-refractivity contribution is 5.85.